The molecule has 0 unspecified atom stereocenters. The highest BCUT2D eigenvalue weighted by Gasteiger charge is 2.09. The molecule has 24 heavy (non-hydrogen) atoms. The number of hydrogen-bond donors (Lipinski definition) is 1. The van der Waals surface area contributed by atoms with Crippen LogP contribution in [0.2, 0.25) is 0 Å². The van der Waals surface area contributed by atoms with Crippen LogP contribution in [0.1, 0.15) is 16.8 Å². The van der Waals surface area contributed by atoms with Gasteiger partial charge in [0.1, 0.15) is 5.01 Å². The van der Waals surface area contributed by atoms with Crippen LogP contribution in [0.3, 0.4) is 0 Å². The molecular formula is C19H15N3OS. The molecule has 1 amide bonds. The smallest absolute Gasteiger partial charge is 0.230 e. The normalized spacial score (nSPS) is 10.2. The van der Waals surface area contributed by atoms with Crippen LogP contribution < -0.4 is 5.32 Å². The molecule has 0 spiro atoms. The first-order chi connectivity index (χ1) is 11.6. The van der Waals surface area contributed by atoms with E-state index in [1.165, 1.54) is 16.9 Å². The van der Waals surface area contributed by atoms with E-state index in [9.17, 15) is 4.79 Å². The van der Waals surface area contributed by atoms with Gasteiger partial charge in [0.15, 0.2) is 0 Å². The van der Waals surface area contributed by atoms with E-state index in [0.29, 0.717) is 11.3 Å². The second-order valence-corrected chi connectivity index (χ2v) is 6.29. The lowest BCUT2D eigenvalue weighted by Gasteiger charge is -2.03. The summed E-state index contributed by atoms with van der Waals surface area (Å²) in [4.78, 5) is 16.7. The maximum absolute atomic E-state index is 12.1. The van der Waals surface area contributed by atoms with Gasteiger partial charge in [0.2, 0.25) is 5.91 Å². The third kappa shape index (κ3) is 3.86. The molecule has 3 rings (SSSR count). The largest absolute Gasteiger partial charge is 0.326 e. The third-order valence-electron chi connectivity index (χ3n) is 3.46. The summed E-state index contributed by atoms with van der Waals surface area (Å²) in [5.74, 6) is -0.124. The average Bonchev–Trinajstić information content (AvgIpc) is 3.04. The van der Waals surface area contributed by atoms with E-state index < -0.39 is 0 Å². The quantitative estimate of drug-likeness (QED) is 0.779. The zero-order valence-corrected chi connectivity index (χ0v) is 13.9. The number of carbonyl (C=O) groups is 1. The van der Waals surface area contributed by atoms with Gasteiger partial charge in [-0.1, -0.05) is 23.8 Å². The van der Waals surface area contributed by atoms with Crippen molar-refractivity contribution in [3.63, 3.8) is 0 Å². The molecule has 2 aromatic carbocycles. The van der Waals surface area contributed by atoms with E-state index in [0.717, 1.165) is 16.3 Å². The molecule has 0 bridgehead atoms. The molecule has 5 heteroatoms. The van der Waals surface area contributed by atoms with Crippen molar-refractivity contribution in [1.82, 2.24) is 4.98 Å². The van der Waals surface area contributed by atoms with E-state index >= 15 is 0 Å². The van der Waals surface area contributed by atoms with E-state index in [-0.39, 0.29) is 12.3 Å². The number of thiazole rings is 1. The maximum atomic E-state index is 12.1. The van der Waals surface area contributed by atoms with Gasteiger partial charge in [0.05, 0.1) is 23.7 Å². The molecule has 1 heterocycles. The van der Waals surface area contributed by atoms with Gasteiger partial charge >= 0.3 is 0 Å². The predicted molar refractivity (Wildman–Crippen MR) is 95.8 cm³/mol. The van der Waals surface area contributed by atoms with Gasteiger partial charge in [-0.3, -0.25) is 4.79 Å². The lowest BCUT2D eigenvalue weighted by Crippen LogP contribution is -2.14. The van der Waals surface area contributed by atoms with Crippen LogP contribution in [0, 0.1) is 18.3 Å². The number of nitriles is 1. The summed E-state index contributed by atoms with van der Waals surface area (Å²) in [6.45, 7) is 2.04. The molecule has 0 saturated carbocycles. The molecular weight excluding hydrogens is 318 g/mol. The van der Waals surface area contributed by atoms with Crippen LogP contribution in [-0.4, -0.2) is 10.9 Å². The summed E-state index contributed by atoms with van der Waals surface area (Å²) < 4.78 is 0. The Kier molecular flexibility index (Phi) is 4.69. The fourth-order valence-corrected chi connectivity index (χ4v) is 3.11. The molecule has 0 saturated heterocycles. The Balaban J connectivity index is 1.65. The van der Waals surface area contributed by atoms with Crippen molar-refractivity contribution >= 4 is 22.9 Å². The third-order valence-corrected chi connectivity index (χ3v) is 4.40. The van der Waals surface area contributed by atoms with E-state index in [4.69, 9.17) is 5.26 Å². The number of rotatable bonds is 4. The first-order valence-corrected chi connectivity index (χ1v) is 8.33. The number of aromatic nitrogens is 1. The van der Waals surface area contributed by atoms with Crippen molar-refractivity contribution in [1.29, 1.82) is 5.26 Å². The van der Waals surface area contributed by atoms with Crippen LogP contribution in [0.15, 0.2) is 53.9 Å². The predicted octanol–water partition coefficient (Wildman–Crippen LogP) is 4.17. The van der Waals surface area contributed by atoms with Gasteiger partial charge in [0, 0.05) is 16.6 Å². The van der Waals surface area contributed by atoms with E-state index in [1.807, 2.05) is 36.6 Å². The number of carbonyl (C=O) groups excluding carboxylic acids is 1. The van der Waals surface area contributed by atoms with Gasteiger partial charge in [-0.25, -0.2) is 4.98 Å². The highest BCUT2D eigenvalue weighted by atomic mass is 32.1. The summed E-state index contributed by atoms with van der Waals surface area (Å²) >= 11 is 1.54. The van der Waals surface area contributed by atoms with Gasteiger partial charge in [0.25, 0.3) is 0 Å². The fourth-order valence-electron chi connectivity index (χ4n) is 2.30. The van der Waals surface area contributed by atoms with Crippen molar-refractivity contribution in [3.8, 4) is 16.6 Å². The molecule has 0 radical (unpaired) electrons. The first-order valence-electron chi connectivity index (χ1n) is 7.45. The number of hydrogen-bond acceptors (Lipinski definition) is 4. The van der Waals surface area contributed by atoms with Gasteiger partial charge in [-0.05, 0) is 37.3 Å². The van der Waals surface area contributed by atoms with Gasteiger partial charge in [-0.15, -0.1) is 11.3 Å². The van der Waals surface area contributed by atoms with Crippen LogP contribution in [-0.2, 0) is 11.2 Å². The second-order valence-electron chi connectivity index (χ2n) is 5.43. The zero-order valence-electron chi connectivity index (χ0n) is 13.1. The second kappa shape index (κ2) is 7.07. The van der Waals surface area contributed by atoms with Crippen LogP contribution in [0.25, 0.3) is 10.6 Å². The molecule has 4 nitrogen and oxygen atoms in total. The molecule has 0 atom stereocenters. The Labute approximate surface area is 144 Å². The Morgan fingerprint density at radius 1 is 1.25 bits per heavy atom. The lowest BCUT2D eigenvalue weighted by molar-refractivity contribution is -0.115. The fraction of sp³-hybridized carbons (Fsp3) is 0.105. The molecule has 0 aliphatic rings. The van der Waals surface area contributed by atoms with Crippen LogP contribution in [0.4, 0.5) is 5.69 Å². The minimum Gasteiger partial charge on any atom is -0.326 e. The molecule has 118 valence electrons. The summed E-state index contributed by atoms with van der Waals surface area (Å²) in [6.07, 6.45) is 0.225. The Hall–Kier alpha value is -2.97. The van der Waals surface area contributed by atoms with Crippen LogP contribution in [0.5, 0.6) is 0 Å². The number of nitrogens with zero attached hydrogens (tertiary/aromatic N) is 2. The van der Waals surface area contributed by atoms with Crippen molar-refractivity contribution in [2.45, 2.75) is 13.3 Å². The van der Waals surface area contributed by atoms with Gasteiger partial charge in [-0.2, -0.15) is 5.26 Å². The molecule has 0 fully saturated rings. The lowest BCUT2D eigenvalue weighted by atomic mass is 10.1. The summed E-state index contributed by atoms with van der Waals surface area (Å²) in [7, 11) is 0. The van der Waals surface area contributed by atoms with Crippen molar-refractivity contribution in [3.05, 3.63) is 70.7 Å². The Morgan fingerprint density at radius 2 is 2.04 bits per heavy atom. The molecule has 1 N–H and O–H groups in total. The van der Waals surface area contributed by atoms with Crippen molar-refractivity contribution in [2.75, 3.05) is 5.32 Å². The minimum atomic E-state index is -0.124. The first kappa shape index (κ1) is 15.9. The maximum Gasteiger partial charge on any atom is 0.230 e. The molecule has 0 aliphatic carbocycles. The number of amides is 1. The average molecular weight is 333 g/mol. The summed E-state index contributed by atoms with van der Waals surface area (Å²) in [5.41, 5.74) is 4.24. The number of aryl methyl sites for hydroxylation is 1. The summed E-state index contributed by atoms with van der Waals surface area (Å²) in [5, 5.41) is 14.4. The SMILES string of the molecule is Cc1cccc(-c2nc(CC(=O)Nc3ccc(C#N)cc3)cs2)c1. The van der Waals surface area contributed by atoms with Crippen LogP contribution >= 0.6 is 11.3 Å². The Bertz CT molecular complexity index is 907. The highest BCUT2D eigenvalue weighted by molar-refractivity contribution is 7.13. The van der Waals surface area contributed by atoms with E-state index in [2.05, 4.69) is 16.4 Å². The standard InChI is InChI=1S/C19H15N3OS/c1-13-3-2-4-15(9-13)19-22-17(12-24-19)10-18(23)21-16-7-5-14(11-20)6-8-16/h2-9,12H,10H2,1H3,(H,21,23). The van der Waals surface area contributed by atoms with Crippen molar-refractivity contribution in [2.24, 2.45) is 0 Å². The monoisotopic (exact) mass is 333 g/mol. The van der Waals surface area contributed by atoms with E-state index in [1.54, 1.807) is 24.3 Å². The molecule has 1 aromatic heterocycles. The number of benzene rings is 2. The number of anilines is 1. The molecule has 3 aromatic rings. The topological polar surface area (TPSA) is 65.8 Å². The molecule has 0 aliphatic heterocycles. The summed E-state index contributed by atoms with van der Waals surface area (Å²) in [6, 6.07) is 17.0. The zero-order chi connectivity index (χ0) is 16.9. The van der Waals surface area contributed by atoms with Crippen molar-refractivity contribution < 1.29 is 4.79 Å². The number of nitrogens with one attached hydrogen (secondary N) is 1. The highest BCUT2D eigenvalue weighted by Crippen LogP contribution is 2.24. The minimum absolute atomic E-state index is 0.124. The Morgan fingerprint density at radius 3 is 2.75 bits per heavy atom. The van der Waals surface area contributed by atoms with Gasteiger partial charge < -0.3 is 5.32 Å².